The van der Waals surface area contributed by atoms with Crippen molar-refractivity contribution in [3.8, 4) is 5.75 Å². The van der Waals surface area contributed by atoms with Crippen LogP contribution < -0.4 is 10.1 Å². The Hall–Kier alpha value is -2.62. The first kappa shape index (κ1) is 19.4. The number of carbonyl (C=O) groups excluding carboxylic acids is 2. The average molecular weight is 327 g/mol. The van der Waals surface area contributed by atoms with Gasteiger partial charge in [0.1, 0.15) is 12.0 Å². The summed E-state index contributed by atoms with van der Waals surface area (Å²) >= 11 is 0. The van der Waals surface area contributed by atoms with E-state index in [-0.39, 0.29) is 5.91 Å². The van der Waals surface area contributed by atoms with Gasteiger partial charge in [-0.15, -0.1) is 0 Å². The molecular weight excluding hydrogens is 302 g/mol. The summed E-state index contributed by atoms with van der Waals surface area (Å²) in [7, 11) is 3.21. The molecule has 0 aliphatic heterocycles. The van der Waals surface area contributed by atoms with Crippen LogP contribution in [-0.4, -0.2) is 26.4 Å². The highest BCUT2D eigenvalue weighted by Crippen LogP contribution is 2.22. The van der Waals surface area contributed by atoms with Crippen LogP contribution in [0.1, 0.15) is 25.8 Å². The van der Waals surface area contributed by atoms with Crippen LogP contribution in [0.2, 0.25) is 0 Å². The molecular formula is C20H25NO3. The van der Waals surface area contributed by atoms with E-state index in [4.69, 9.17) is 4.74 Å². The van der Waals surface area contributed by atoms with Crippen molar-refractivity contribution in [2.75, 3.05) is 14.2 Å². The Morgan fingerprint density at radius 2 is 1.96 bits per heavy atom. The first-order chi connectivity index (χ1) is 11.5. The highest BCUT2D eigenvalue weighted by atomic mass is 16.5. The van der Waals surface area contributed by atoms with E-state index < -0.39 is 0 Å². The van der Waals surface area contributed by atoms with Crippen LogP contribution in [0.25, 0.3) is 0 Å². The van der Waals surface area contributed by atoms with E-state index in [0.29, 0.717) is 17.6 Å². The SMILES string of the molecule is CC/C=C(/C=C(C=O)\C=C(/C)C(=O)NC)Cc1ccccc1OC. The molecule has 4 heteroatoms. The number of para-hydroxylation sites is 1. The van der Waals surface area contributed by atoms with Gasteiger partial charge >= 0.3 is 0 Å². The van der Waals surface area contributed by atoms with Gasteiger partial charge in [0.05, 0.1) is 7.11 Å². The number of methoxy groups -OCH3 is 1. The van der Waals surface area contributed by atoms with Gasteiger partial charge in [-0.1, -0.05) is 31.2 Å². The Bertz CT molecular complexity index is 669. The summed E-state index contributed by atoms with van der Waals surface area (Å²) < 4.78 is 5.38. The summed E-state index contributed by atoms with van der Waals surface area (Å²) in [6.07, 6.45) is 7.75. The molecule has 0 atom stereocenters. The van der Waals surface area contributed by atoms with Gasteiger partial charge in [0.15, 0.2) is 0 Å². The lowest BCUT2D eigenvalue weighted by Crippen LogP contribution is -2.18. The molecule has 1 N–H and O–H groups in total. The van der Waals surface area contributed by atoms with Crippen LogP contribution in [0.4, 0.5) is 0 Å². The van der Waals surface area contributed by atoms with E-state index in [9.17, 15) is 9.59 Å². The minimum absolute atomic E-state index is 0.200. The number of hydrogen-bond donors (Lipinski definition) is 1. The van der Waals surface area contributed by atoms with Gasteiger partial charge in [-0.25, -0.2) is 0 Å². The molecule has 4 nitrogen and oxygen atoms in total. The third-order valence-corrected chi connectivity index (χ3v) is 3.51. The summed E-state index contributed by atoms with van der Waals surface area (Å²) in [4.78, 5) is 23.0. The fourth-order valence-electron chi connectivity index (χ4n) is 2.35. The molecule has 0 fully saturated rings. The number of rotatable bonds is 8. The number of hydrogen-bond acceptors (Lipinski definition) is 3. The molecule has 0 aliphatic carbocycles. The van der Waals surface area contributed by atoms with Crippen LogP contribution in [0.15, 0.2) is 59.2 Å². The lowest BCUT2D eigenvalue weighted by Gasteiger charge is -2.09. The molecule has 0 saturated carbocycles. The fraction of sp³-hybridized carbons (Fsp3) is 0.300. The summed E-state index contributed by atoms with van der Waals surface area (Å²) in [5.74, 6) is 0.617. The lowest BCUT2D eigenvalue weighted by atomic mass is 10.0. The van der Waals surface area contributed by atoms with Crippen molar-refractivity contribution >= 4 is 12.2 Å². The van der Waals surface area contributed by atoms with E-state index in [2.05, 4.69) is 11.4 Å². The number of carbonyl (C=O) groups is 2. The number of benzene rings is 1. The summed E-state index contributed by atoms with van der Waals surface area (Å²) in [6.45, 7) is 3.72. The summed E-state index contributed by atoms with van der Waals surface area (Å²) in [6, 6.07) is 7.80. The highest BCUT2D eigenvalue weighted by Gasteiger charge is 2.06. The molecule has 128 valence electrons. The smallest absolute Gasteiger partial charge is 0.246 e. The monoisotopic (exact) mass is 327 g/mol. The van der Waals surface area contributed by atoms with Crippen molar-refractivity contribution in [1.29, 1.82) is 0 Å². The maximum Gasteiger partial charge on any atom is 0.246 e. The molecule has 0 saturated heterocycles. The summed E-state index contributed by atoms with van der Waals surface area (Å²) in [5.41, 5.74) is 3.01. The van der Waals surface area contributed by atoms with E-state index in [1.165, 1.54) is 0 Å². The number of ether oxygens (including phenoxy) is 1. The van der Waals surface area contributed by atoms with E-state index in [0.717, 1.165) is 29.6 Å². The molecule has 0 unspecified atom stereocenters. The Morgan fingerprint density at radius 1 is 1.25 bits per heavy atom. The van der Waals surface area contributed by atoms with E-state index >= 15 is 0 Å². The van der Waals surface area contributed by atoms with Crippen molar-refractivity contribution in [3.63, 3.8) is 0 Å². The normalized spacial score (nSPS) is 12.8. The van der Waals surface area contributed by atoms with Gasteiger partial charge in [0.25, 0.3) is 0 Å². The second-order valence-electron chi connectivity index (χ2n) is 5.34. The topological polar surface area (TPSA) is 55.4 Å². The van der Waals surface area contributed by atoms with Crippen molar-refractivity contribution in [3.05, 3.63) is 64.8 Å². The third-order valence-electron chi connectivity index (χ3n) is 3.51. The zero-order chi connectivity index (χ0) is 17.9. The van der Waals surface area contributed by atoms with Gasteiger partial charge in [-0.05, 0) is 42.7 Å². The largest absolute Gasteiger partial charge is 0.496 e. The molecule has 1 aromatic carbocycles. The predicted molar refractivity (Wildman–Crippen MR) is 97.0 cm³/mol. The minimum atomic E-state index is -0.200. The number of likely N-dealkylation sites (N-methyl/N-ethyl adjacent to an activating group) is 1. The Labute approximate surface area is 143 Å². The number of allylic oxidation sites excluding steroid dienone is 5. The van der Waals surface area contributed by atoms with Gasteiger partial charge in [0, 0.05) is 24.6 Å². The maximum absolute atomic E-state index is 11.6. The molecule has 0 spiro atoms. The zero-order valence-corrected chi connectivity index (χ0v) is 14.8. The molecule has 24 heavy (non-hydrogen) atoms. The van der Waals surface area contributed by atoms with Crippen LogP contribution in [0.3, 0.4) is 0 Å². The van der Waals surface area contributed by atoms with E-state index in [1.807, 2.05) is 37.3 Å². The fourth-order valence-corrected chi connectivity index (χ4v) is 2.35. The number of amides is 1. The van der Waals surface area contributed by atoms with E-state index in [1.54, 1.807) is 27.2 Å². The van der Waals surface area contributed by atoms with Crippen LogP contribution in [0, 0.1) is 0 Å². The molecule has 1 aromatic rings. The first-order valence-electron chi connectivity index (χ1n) is 7.93. The molecule has 0 bridgehead atoms. The van der Waals surface area contributed by atoms with Crippen molar-refractivity contribution in [1.82, 2.24) is 5.32 Å². The number of aldehydes is 1. The molecule has 0 heterocycles. The van der Waals surface area contributed by atoms with Crippen molar-refractivity contribution in [2.24, 2.45) is 0 Å². The second kappa shape index (κ2) is 10.2. The average Bonchev–Trinajstić information content (AvgIpc) is 2.60. The zero-order valence-electron chi connectivity index (χ0n) is 14.8. The minimum Gasteiger partial charge on any atom is -0.496 e. The van der Waals surface area contributed by atoms with Crippen LogP contribution >= 0.6 is 0 Å². The van der Waals surface area contributed by atoms with Crippen LogP contribution in [-0.2, 0) is 16.0 Å². The Morgan fingerprint density at radius 3 is 2.54 bits per heavy atom. The van der Waals surface area contributed by atoms with Gasteiger partial charge in [-0.2, -0.15) is 0 Å². The Balaban J connectivity index is 3.13. The van der Waals surface area contributed by atoms with Crippen molar-refractivity contribution < 1.29 is 14.3 Å². The molecule has 0 aromatic heterocycles. The van der Waals surface area contributed by atoms with Crippen molar-refractivity contribution in [2.45, 2.75) is 26.7 Å². The standard InChI is InChI=1S/C20H25NO3/c1-5-8-16(13-18-9-6-7-10-19(18)24-4)12-17(14-22)11-15(2)20(23)21-3/h6-12,14H,5,13H2,1-4H3,(H,21,23)/b15-11+,16-8-,17-12+. The maximum atomic E-state index is 11.6. The molecule has 0 aliphatic rings. The van der Waals surface area contributed by atoms with Gasteiger partial charge in [0.2, 0.25) is 5.91 Å². The lowest BCUT2D eigenvalue weighted by molar-refractivity contribution is -0.117. The predicted octanol–water partition coefficient (Wildman–Crippen LogP) is 3.39. The Kier molecular flexibility index (Phi) is 8.26. The summed E-state index contributed by atoms with van der Waals surface area (Å²) in [5, 5.41) is 2.55. The quantitative estimate of drug-likeness (QED) is 0.452. The second-order valence-corrected chi connectivity index (χ2v) is 5.34. The van der Waals surface area contributed by atoms with Crippen LogP contribution in [0.5, 0.6) is 5.75 Å². The molecule has 1 rings (SSSR count). The van der Waals surface area contributed by atoms with Gasteiger partial charge in [-0.3, -0.25) is 9.59 Å². The van der Waals surface area contributed by atoms with Gasteiger partial charge < -0.3 is 10.1 Å². The first-order valence-corrected chi connectivity index (χ1v) is 7.93. The molecule has 1 amide bonds. The third kappa shape index (κ3) is 5.88. The number of nitrogens with one attached hydrogen (secondary N) is 1. The highest BCUT2D eigenvalue weighted by molar-refractivity contribution is 5.95. The molecule has 0 radical (unpaired) electrons.